The monoisotopic (exact) mass is 229 g/mol. The van der Waals surface area contributed by atoms with E-state index < -0.39 is 0 Å². The SMILES string of the molecule is CC(C)(C)CCn1cc(CCCCl)nn1. The number of halogens is 1. The highest BCUT2D eigenvalue weighted by atomic mass is 35.5. The van der Waals surface area contributed by atoms with Gasteiger partial charge in [0.15, 0.2) is 0 Å². The Labute approximate surface area is 96.8 Å². The third-order valence-corrected chi connectivity index (χ3v) is 2.51. The molecule has 1 heterocycles. The van der Waals surface area contributed by atoms with Gasteiger partial charge in [0, 0.05) is 18.6 Å². The molecule has 86 valence electrons. The zero-order valence-electron chi connectivity index (χ0n) is 9.83. The number of hydrogen-bond donors (Lipinski definition) is 0. The van der Waals surface area contributed by atoms with Gasteiger partial charge in [-0.05, 0) is 24.7 Å². The Morgan fingerprint density at radius 1 is 1.40 bits per heavy atom. The number of aryl methyl sites for hydroxylation is 2. The van der Waals surface area contributed by atoms with Crippen molar-refractivity contribution >= 4 is 11.6 Å². The molecule has 0 N–H and O–H groups in total. The molecular weight excluding hydrogens is 210 g/mol. The fourth-order valence-electron chi connectivity index (χ4n) is 1.26. The quantitative estimate of drug-likeness (QED) is 0.727. The highest BCUT2D eigenvalue weighted by molar-refractivity contribution is 6.17. The van der Waals surface area contributed by atoms with Crippen LogP contribution < -0.4 is 0 Å². The average Bonchev–Trinajstić information content (AvgIpc) is 2.58. The topological polar surface area (TPSA) is 30.7 Å². The summed E-state index contributed by atoms with van der Waals surface area (Å²) in [5.74, 6) is 0.689. The first kappa shape index (κ1) is 12.5. The fourth-order valence-corrected chi connectivity index (χ4v) is 1.39. The zero-order valence-corrected chi connectivity index (χ0v) is 10.6. The van der Waals surface area contributed by atoms with Gasteiger partial charge in [0.25, 0.3) is 0 Å². The lowest BCUT2D eigenvalue weighted by atomic mass is 9.92. The summed E-state index contributed by atoms with van der Waals surface area (Å²) in [6.07, 6.45) is 5.04. The number of hydrogen-bond acceptors (Lipinski definition) is 2. The lowest BCUT2D eigenvalue weighted by molar-refractivity contribution is 0.339. The summed E-state index contributed by atoms with van der Waals surface area (Å²) in [5.41, 5.74) is 1.40. The third-order valence-electron chi connectivity index (χ3n) is 2.24. The molecule has 0 unspecified atom stereocenters. The summed E-state index contributed by atoms with van der Waals surface area (Å²) in [6.45, 7) is 7.65. The van der Waals surface area contributed by atoms with Gasteiger partial charge in [0.05, 0.1) is 5.69 Å². The summed E-state index contributed by atoms with van der Waals surface area (Å²) < 4.78 is 1.93. The smallest absolute Gasteiger partial charge is 0.0827 e. The predicted octanol–water partition coefficient (Wildman–Crippen LogP) is 2.89. The van der Waals surface area contributed by atoms with Crippen molar-refractivity contribution in [3.05, 3.63) is 11.9 Å². The maximum atomic E-state index is 5.62. The van der Waals surface area contributed by atoms with Crippen molar-refractivity contribution in [2.75, 3.05) is 5.88 Å². The van der Waals surface area contributed by atoms with Crippen molar-refractivity contribution in [1.82, 2.24) is 15.0 Å². The van der Waals surface area contributed by atoms with E-state index in [1.54, 1.807) is 0 Å². The lowest BCUT2D eigenvalue weighted by Crippen LogP contribution is -2.10. The van der Waals surface area contributed by atoms with Crippen LogP contribution in [0.2, 0.25) is 0 Å². The average molecular weight is 230 g/mol. The van der Waals surface area contributed by atoms with Gasteiger partial charge in [0.2, 0.25) is 0 Å². The standard InChI is InChI=1S/C11H20ClN3/c1-11(2,3)6-8-15-9-10(13-14-15)5-4-7-12/h9H,4-8H2,1-3H3. The van der Waals surface area contributed by atoms with Gasteiger partial charge in [-0.15, -0.1) is 16.7 Å². The normalized spacial score (nSPS) is 12.0. The first-order valence-electron chi connectivity index (χ1n) is 5.46. The molecule has 3 nitrogen and oxygen atoms in total. The van der Waals surface area contributed by atoms with Gasteiger partial charge in [-0.2, -0.15) is 0 Å². The van der Waals surface area contributed by atoms with E-state index >= 15 is 0 Å². The van der Waals surface area contributed by atoms with Crippen LogP contribution in [0.5, 0.6) is 0 Å². The Bertz CT molecular complexity index is 288. The molecular formula is C11H20ClN3. The Kier molecular flexibility index (Phi) is 4.58. The van der Waals surface area contributed by atoms with Gasteiger partial charge in [-0.1, -0.05) is 26.0 Å². The molecule has 0 saturated heterocycles. The molecule has 0 atom stereocenters. The second-order valence-corrected chi connectivity index (χ2v) is 5.45. The molecule has 0 fully saturated rings. The Balaban J connectivity index is 2.39. The number of aromatic nitrogens is 3. The van der Waals surface area contributed by atoms with Crippen LogP contribution in [-0.4, -0.2) is 20.9 Å². The molecule has 1 rings (SSSR count). The van der Waals surface area contributed by atoms with Crippen molar-refractivity contribution in [2.45, 2.75) is 46.6 Å². The van der Waals surface area contributed by atoms with E-state index in [9.17, 15) is 0 Å². The van der Waals surface area contributed by atoms with Crippen molar-refractivity contribution in [1.29, 1.82) is 0 Å². The van der Waals surface area contributed by atoms with Gasteiger partial charge < -0.3 is 0 Å². The maximum absolute atomic E-state index is 5.62. The molecule has 0 bridgehead atoms. The highest BCUT2D eigenvalue weighted by Gasteiger charge is 2.10. The lowest BCUT2D eigenvalue weighted by Gasteiger charge is -2.17. The second-order valence-electron chi connectivity index (χ2n) is 5.08. The maximum Gasteiger partial charge on any atom is 0.0827 e. The first-order valence-corrected chi connectivity index (χ1v) is 6.00. The van der Waals surface area contributed by atoms with Gasteiger partial charge in [0.1, 0.15) is 0 Å². The van der Waals surface area contributed by atoms with E-state index in [0.29, 0.717) is 11.3 Å². The van der Waals surface area contributed by atoms with Crippen LogP contribution in [-0.2, 0) is 13.0 Å². The Hall–Kier alpha value is -0.570. The summed E-state index contributed by atoms with van der Waals surface area (Å²) >= 11 is 5.62. The minimum atomic E-state index is 0.349. The largest absolute Gasteiger partial charge is 0.252 e. The first-order chi connectivity index (χ1) is 7.01. The predicted molar refractivity (Wildman–Crippen MR) is 63.1 cm³/mol. The van der Waals surface area contributed by atoms with E-state index in [1.807, 2.05) is 10.9 Å². The summed E-state index contributed by atoms with van der Waals surface area (Å²) in [4.78, 5) is 0. The molecule has 0 amide bonds. The summed E-state index contributed by atoms with van der Waals surface area (Å²) in [5, 5.41) is 8.20. The number of rotatable bonds is 5. The molecule has 1 aromatic heterocycles. The van der Waals surface area contributed by atoms with Gasteiger partial charge in [-0.25, -0.2) is 0 Å². The Morgan fingerprint density at radius 2 is 2.13 bits per heavy atom. The van der Waals surface area contributed by atoms with Crippen molar-refractivity contribution in [2.24, 2.45) is 5.41 Å². The molecule has 0 aliphatic heterocycles. The van der Waals surface area contributed by atoms with Crippen molar-refractivity contribution < 1.29 is 0 Å². The number of nitrogens with zero attached hydrogens (tertiary/aromatic N) is 3. The van der Waals surface area contributed by atoms with Crippen LogP contribution in [0.1, 0.15) is 39.3 Å². The molecule has 0 aliphatic carbocycles. The molecule has 4 heteroatoms. The van der Waals surface area contributed by atoms with E-state index in [0.717, 1.165) is 31.5 Å². The van der Waals surface area contributed by atoms with Crippen LogP contribution in [0.25, 0.3) is 0 Å². The van der Waals surface area contributed by atoms with E-state index in [-0.39, 0.29) is 0 Å². The van der Waals surface area contributed by atoms with Gasteiger partial charge in [-0.3, -0.25) is 4.68 Å². The molecule has 0 aromatic carbocycles. The van der Waals surface area contributed by atoms with Crippen LogP contribution in [0.3, 0.4) is 0 Å². The zero-order chi connectivity index (χ0) is 11.3. The summed E-state index contributed by atoms with van der Waals surface area (Å²) in [6, 6.07) is 0. The fraction of sp³-hybridized carbons (Fsp3) is 0.818. The van der Waals surface area contributed by atoms with E-state index in [4.69, 9.17) is 11.6 Å². The van der Waals surface area contributed by atoms with Crippen LogP contribution in [0, 0.1) is 5.41 Å². The minimum absolute atomic E-state index is 0.349. The molecule has 1 aromatic rings. The third kappa shape index (κ3) is 5.17. The van der Waals surface area contributed by atoms with Crippen LogP contribution in [0.4, 0.5) is 0 Å². The second kappa shape index (κ2) is 5.50. The summed E-state index contributed by atoms with van der Waals surface area (Å²) in [7, 11) is 0. The van der Waals surface area contributed by atoms with Crippen LogP contribution >= 0.6 is 11.6 Å². The van der Waals surface area contributed by atoms with Crippen molar-refractivity contribution in [3.63, 3.8) is 0 Å². The Morgan fingerprint density at radius 3 is 2.73 bits per heavy atom. The van der Waals surface area contributed by atoms with E-state index in [2.05, 4.69) is 31.1 Å². The highest BCUT2D eigenvalue weighted by Crippen LogP contribution is 2.18. The molecule has 0 aliphatic rings. The molecule has 15 heavy (non-hydrogen) atoms. The van der Waals surface area contributed by atoms with E-state index in [1.165, 1.54) is 0 Å². The van der Waals surface area contributed by atoms with Gasteiger partial charge >= 0.3 is 0 Å². The van der Waals surface area contributed by atoms with Crippen molar-refractivity contribution in [3.8, 4) is 0 Å². The molecule has 0 saturated carbocycles. The molecule has 0 spiro atoms. The van der Waals surface area contributed by atoms with Crippen LogP contribution in [0.15, 0.2) is 6.20 Å². The molecule has 0 radical (unpaired) electrons. The minimum Gasteiger partial charge on any atom is -0.252 e. The number of alkyl halides is 1.